The number of fused-ring (bicyclic) bond motifs is 3. The van der Waals surface area contributed by atoms with Crippen LogP contribution in [0.5, 0.6) is 0 Å². The Balaban J connectivity index is 1.72. The van der Waals surface area contributed by atoms with Gasteiger partial charge in [-0.25, -0.2) is 0 Å². The molecule has 1 atom stereocenters. The number of hydrogen-bond acceptors (Lipinski definition) is 3. The normalized spacial score (nSPS) is 15.8. The van der Waals surface area contributed by atoms with Crippen LogP contribution in [0.1, 0.15) is 18.0 Å². The van der Waals surface area contributed by atoms with Crippen LogP contribution < -0.4 is 16.0 Å². The van der Waals surface area contributed by atoms with Gasteiger partial charge in [0.1, 0.15) is 12.5 Å². The summed E-state index contributed by atoms with van der Waals surface area (Å²) in [5.74, 6) is -8.10. The number of para-hydroxylation sites is 1. The molecule has 2 aromatic rings. The third kappa shape index (κ3) is 4.81. The van der Waals surface area contributed by atoms with Crippen LogP contribution >= 0.6 is 0 Å². The van der Waals surface area contributed by atoms with E-state index in [9.17, 15) is 36.3 Å². The predicted molar refractivity (Wildman–Crippen MR) is 100 cm³/mol. The maximum atomic E-state index is 12.9. The first kappa shape index (κ1) is 22.2. The Labute approximate surface area is 172 Å². The second-order valence-electron chi connectivity index (χ2n) is 6.78. The molecule has 2 aromatic carbocycles. The Bertz CT molecular complexity index is 1020. The minimum Gasteiger partial charge on any atom is -0.349 e. The van der Waals surface area contributed by atoms with Crippen LogP contribution in [0.4, 0.5) is 27.6 Å². The summed E-state index contributed by atoms with van der Waals surface area (Å²) in [6.07, 6.45) is -6.87. The first-order valence-electron chi connectivity index (χ1n) is 8.99. The molecule has 3 amide bonds. The summed E-state index contributed by atoms with van der Waals surface area (Å²) in [6.45, 7) is -2.00. The van der Waals surface area contributed by atoms with Gasteiger partial charge in [0.15, 0.2) is 0 Å². The minimum absolute atomic E-state index is 0.433. The average Bonchev–Trinajstić information content (AvgIpc) is 2.81. The number of hydrogen-bond donors (Lipinski definition) is 3. The van der Waals surface area contributed by atoms with Crippen LogP contribution in [-0.4, -0.2) is 36.4 Å². The standard InChI is InChI=1S/C20H16F5N3O3/c21-19(22,20(23,24)25)10-26-15(29)9-16(30)28-17-13-7-2-1-5-11(13)12-6-3-4-8-14(12)27-18(17)31/h1-8,17H,9-10H2,(H,26,29)(H,27,31)(H,28,30)/t17-/m0/s1. The van der Waals surface area contributed by atoms with Crippen molar-refractivity contribution in [3.05, 3.63) is 54.1 Å². The molecule has 3 rings (SSSR count). The summed E-state index contributed by atoms with van der Waals surface area (Å²) < 4.78 is 62.3. The van der Waals surface area contributed by atoms with Crippen molar-refractivity contribution in [3.8, 4) is 11.1 Å². The Morgan fingerprint density at radius 1 is 0.903 bits per heavy atom. The number of carbonyl (C=O) groups excluding carboxylic acids is 3. The SMILES string of the molecule is O=C(CC(=O)N[C@@H]1C(=O)Nc2ccccc2-c2ccccc21)NCC(F)(F)C(F)(F)F. The predicted octanol–water partition coefficient (Wildman–Crippen LogP) is 3.17. The smallest absolute Gasteiger partial charge is 0.349 e. The number of carbonyl (C=O) groups is 3. The van der Waals surface area contributed by atoms with Gasteiger partial charge in [0.05, 0.1) is 6.54 Å². The number of alkyl halides is 5. The zero-order valence-electron chi connectivity index (χ0n) is 15.7. The van der Waals surface area contributed by atoms with E-state index in [-0.39, 0.29) is 0 Å². The van der Waals surface area contributed by atoms with Gasteiger partial charge in [-0.1, -0.05) is 42.5 Å². The van der Waals surface area contributed by atoms with Gasteiger partial charge in [-0.15, -0.1) is 0 Å². The highest BCUT2D eigenvalue weighted by Crippen LogP contribution is 2.37. The maximum Gasteiger partial charge on any atom is 0.455 e. The lowest BCUT2D eigenvalue weighted by atomic mass is 9.95. The molecule has 0 saturated heterocycles. The minimum atomic E-state index is -5.83. The largest absolute Gasteiger partial charge is 0.455 e. The lowest BCUT2D eigenvalue weighted by molar-refractivity contribution is -0.278. The second kappa shape index (κ2) is 8.32. The molecule has 1 aliphatic heterocycles. The lowest BCUT2D eigenvalue weighted by Crippen LogP contribution is -2.47. The molecule has 0 radical (unpaired) electrons. The van der Waals surface area contributed by atoms with Crippen LogP contribution in [0.3, 0.4) is 0 Å². The fraction of sp³-hybridized carbons (Fsp3) is 0.250. The van der Waals surface area contributed by atoms with E-state index in [1.807, 2.05) is 0 Å². The van der Waals surface area contributed by atoms with Crippen molar-refractivity contribution in [2.24, 2.45) is 0 Å². The van der Waals surface area contributed by atoms with Crippen molar-refractivity contribution in [1.82, 2.24) is 10.6 Å². The molecular formula is C20H16F5N3O3. The Morgan fingerprint density at radius 3 is 2.19 bits per heavy atom. The Kier molecular flexibility index (Phi) is 5.96. The molecule has 11 heteroatoms. The van der Waals surface area contributed by atoms with Crippen LogP contribution in [0.2, 0.25) is 0 Å². The molecule has 0 fully saturated rings. The van der Waals surface area contributed by atoms with Crippen molar-refractivity contribution in [1.29, 1.82) is 0 Å². The fourth-order valence-electron chi connectivity index (χ4n) is 3.04. The summed E-state index contributed by atoms with van der Waals surface area (Å²) in [4.78, 5) is 36.6. The number of halogens is 5. The monoisotopic (exact) mass is 441 g/mol. The summed E-state index contributed by atoms with van der Waals surface area (Å²) in [7, 11) is 0. The van der Waals surface area contributed by atoms with Gasteiger partial charge >= 0.3 is 12.1 Å². The summed E-state index contributed by atoms with van der Waals surface area (Å²) >= 11 is 0. The van der Waals surface area contributed by atoms with Crippen molar-refractivity contribution >= 4 is 23.4 Å². The van der Waals surface area contributed by atoms with Crippen molar-refractivity contribution in [2.75, 3.05) is 11.9 Å². The molecule has 0 aromatic heterocycles. The van der Waals surface area contributed by atoms with Gasteiger partial charge in [-0.3, -0.25) is 14.4 Å². The third-order valence-electron chi connectivity index (χ3n) is 4.56. The van der Waals surface area contributed by atoms with E-state index in [2.05, 4.69) is 10.6 Å². The lowest BCUT2D eigenvalue weighted by Gasteiger charge is -2.20. The van der Waals surface area contributed by atoms with Crippen LogP contribution in [0, 0.1) is 0 Å². The van der Waals surface area contributed by atoms with E-state index in [1.54, 1.807) is 48.5 Å². The molecule has 1 aliphatic rings. The van der Waals surface area contributed by atoms with E-state index in [4.69, 9.17) is 0 Å². The Morgan fingerprint density at radius 2 is 1.52 bits per heavy atom. The molecular weight excluding hydrogens is 425 g/mol. The first-order chi connectivity index (χ1) is 14.5. The highest BCUT2D eigenvalue weighted by Gasteiger charge is 2.57. The number of nitrogens with one attached hydrogen (secondary N) is 3. The van der Waals surface area contributed by atoms with Crippen LogP contribution in [0.25, 0.3) is 11.1 Å². The molecule has 3 N–H and O–H groups in total. The van der Waals surface area contributed by atoms with Gasteiger partial charge < -0.3 is 16.0 Å². The third-order valence-corrected chi connectivity index (χ3v) is 4.56. The van der Waals surface area contributed by atoms with Crippen LogP contribution in [-0.2, 0) is 14.4 Å². The average molecular weight is 441 g/mol. The summed E-state index contributed by atoms with van der Waals surface area (Å²) in [6, 6.07) is 12.4. The van der Waals surface area contributed by atoms with Gasteiger partial charge in [0.2, 0.25) is 11.8 Å². The molecule has 0 saturated carbocycles. The molecule has 6 nitrogen and oxygen atoms in total. The van der Waals surface area contributed by atoms with E-state index in [1.165, 1.54) is 5.32 Å². The van der Waals surface area contributed by atoms with E-state index >= 15 is 0 Å². The van der Waals surface area contributed by atoms with Gasteiger partial charge in [0.25, 0.3) is 5.91 Å². The fourth-order valence-corrected chi connectivity index (χ4v) is 3.04. The van der Waals surface area contributed by atoms with Gasteiger partial charge in [0, 0.05) is 11.3 Å². The maximum absolute atomic E-state index is 12.9. The van der Waals surface area contributed by atoms with E-state index < -0.39 is 48.8 Å². The highest BCUT2D eigenvalue weighted by molar-refractivity contribution is 6.06. The van der Waals surface area contributed by atoms with Gasteiger partial charge in [-0.05, 0) is 17.2 Å². The van der Waals surface area contributed by atoms with Crippen molar-refractivity contribution < 1.29 is 36.3 Å². The highest BCUT2D eigenvalue weighted by atomic mass is 19.4. The number of rotatable bonds is 5. The topological polar surface area (TPSA) is 87.3 Å². The zero-order chi connectivity index (χ0) is 22.8. The molecule has 0 unspecified atom stereocenters. The molecule has 0 aliphatic carbocycles. The number of anilines is 1. The molecule has 164 valence electrons. The summed E-state index contributed by atoms with van der Waals surface area (Å²) in [5, 5.41) is 6.38. The molecule has 31 heavy (non-hydrogen) atoms. The number of benzene rings is 2. The van der Waals surface area contributed by atoms with Crippen molar-refractivity contribution in [3.63, 3.8) is 0 Å². The molecule has 0 bridgehead atoms. The van der Waals surface area contributed by atoms with E-state index in [0.29, 0.717) is 22.4 Å². The number of amides is 3. The second-order valence-corrected chi connectivity index (χ2v) is 6.78. The Hall–Kier alpha value is -3.50. The van der Waals surface area contributed by atoms with Crippen LogP contribution in [0.15, 0.2) is 48.5 Å². The molecule has 1 heterocycles. The first-order valence-corrected chi connectivity index (χ1v) is 8.99. The quantitative estimate of drug-likeness (QED) is 0.492. The van der Waals surface area contributed by atoms with Gasteiger partial charge in [-0.2, -0.15) is 22.0 Å². The van der Waals surface area contributed by atoms with E-state index in [0.717, 1.165) is 0 Å². The summed E-state index contributed by atoms with van der Waals surface area (Å²) in [5.41, 5.74) is 2.29. The zero-order valence-corrected chi connectivity index (χ0v) is 15.7. The molecule has 0 spiro atoms. The van der Waals surface area contributed by atoms with Crippen molar-refractivity contribution in [2.45, 2.75) is 24.6 Å².